The van der Waals surface area contributed by atoms with Crippen molar-refractivity contribution in [1.82, 2.24) is 30.3 Å². The third-order valence-corrected chi connectivity index (χ3v) is 5.25. The first-order valence-electron chi connectivity index (χ1n) is 9.75. The van der Waals surface area contributed by atoms with Crippen molar-refractivity contribution in [3.63, 3.8) is 0 Å². The Morgan fingerprint density at radius 2 is 1.89 bits per heavy atom. The second-order valence-electron chi connectivity index (χ2n) is 7.21. The van der Waals surface area contributed by atoms with Gasteiger partial charge in [-0.25, -0.2) is 4.98 Å². The first-order chi connectivity index (χ1) is 13.2. The molecule has 2 aromatic rings. The Morgan fingerprint density at radius 1 is 1.15 bits per heavy atom. The summed E-state index contributed by atoms with van der Waals surface area (Å²) in [6.45, 7) is 5.94. The summed E-state index contributed by atoms with van der Waals surface area (Å²) in [5.74, 6) is 1.62. The average Bonchev–Trinajstić information content (AvgIpc) is 3.10. The lowest BCUT2D eigenvalue weighted by Gasteiger charge is -2.33. The summed E-state index contributed by atoms with van der Waals surface area (Å²) in [7, 11) is 3.65. The van der Waals surface area contributed by atoms with Crippen LogP contribution in [0.1, 0.15) is 43.1 Å². The van der Waals surface area contributed by atoms with Crippen molar-refractivity contribution in [2.24, 2.45) is 12.0 Å². The van der Waals surface area contributed by atoms with Crippen molar-refractivity contribution in [2.75, 3.05) is 13.6 Å². The van der Waals surface area contributed by atoms with Crippen molar-refractivity contribution < 1.29 is 0 Å². The molecule has 2 N–H and O–H groups in total. The van der Waals surface area contributed by atoms with Gasteiger partial charge in [-0.1, -0.05) is 30.7 Å². The zero-order valence-corrected chi connectivity index (χ0v) is 16.6. The molecule has 0 radical (unpaired) electrons. The summed E-state index contributed by atoms with van der Waals surface area (Å²) in [5, 5.41) is 10.7. The lowest BCUT2D eigenvalue weighted by Crippen LogP contribution is -2.37. The van der Waals surface area contributed by atoms with Gasteiger partial charge in [-0.15, -0.1) is 0 Å². The third kappa shape index (κ3) is 5.53. The van der Waals surface area contributed by atoms with E-state index in [0.717, 1.165) is 24.9 Å². The van der Waals surface area contributed by atoms with E-state index in [1.54, 1.807) is 18.1 Å². The third-order valence-electron chi connectivity index (χ3n) is 5.25. The Kier molecular flexibility index (Phi) is 6.81. The molecule has 3 rings (SSSR count). The first kappa shape index (κ1) is 19.4. The summed E-state index contributed by atoms with van der Waals surface area (Å²) < 4.78 is 1.75. The Hall–Kier alpha value is -2.41. The topological polar surface area (TPSA) is 70.4 Å². The Morgan fingerprint density at radius 3 is 2.56 bits per heavy atom. The first-order valence-corrected chi connectivity index (χ1v) is 9.75. The van der Waals surface area contributed by atoms with E-state index < -0.39 is 0 Å². The number of rotatable bonds is 6. The lowest BCUT2D eigenvalue weighted by atomic mass is 10.0. The van der Waals surface area contributed by atoms with Crippen LogP contribution in [0.4, 0.5) is 0 Å². The van der Waals surface area contributed by atoms with E-state index in [-0.39, 0.29) is 0 Å². The second-order valence-corrected chi connectivity index (χ2v) is 7.21. The van der Waals surface area contributed by atoms with Gasteiger partial charge in [0.2, 0.25) is 0 Å². The molecule has 0 spiro atoms. The van der Waals surface area contributed by atoms with E-state index in [1.165, 1.54) is 36.9 Å². The molecule has 1 fully saturated rings. The largest absolute Gasteiger partial charge is 0.352 e. The number of piperidine rings is 1. The summed E-state index contributed by atoms with van der Waals surface area (Å²) in [5.41, 5.74) is 2.63. The number of benzene rings is 1. The van der Waals surface area contributed by atoms with Crippen LogP contribution >= 0.6 is 0 Å². The summed E-state index contributed by atoms with van der Waals surface area (Å²) in [6.07, 6.45) is 5.57. The van der Waals surface area contributed by atoms with Crippen LogP contribution < -0.4 is 10.6 Å². The predicted octanol–water partition coefficient (Wildman–Crippen LogP) is 2.05. The quantitative estimate of drug-likeness (QED) is 0.602. The zero-order chi connectivity index (χ0) is 19.1. The molecule has 7 heteroatoms. The maximum absolute atomic E-state index is 4.27. The standard InChI is InChI=1S/C20H31N7/c1-16-6-4-5-11-27(16)14-18-9-7-17(8-10-18)12-22-20(21-2)23-13-19-24-15-25-26(19)3/h7-10,15-16H,4-6,11-14H2,1-3H3,(H2,21,22,23). The molecule has 1 atom stereocenters. The van der Waals surface area contributed by atoms with Gasteiger partial charge in [0, 0.05) is 33.2 Å². The minimum Gasteiger partial charge on any atom is -0.352 e. The van der Waals surface area contributed by atoms with Crippen molar-refractivity contribution in [2.45, 2.75) is 51.9 Å². The summed E-state index contributed by atoms with van der Waals surface area (Å²) in [4.78, 5) is 11.1. The number of nitrogens with zero attached hydrogens (tertiary/aromatic N) is 5. The molecular weight excluding hydrogens is 338 g/mol. The molecule has 7 nitrogen and oxygen atoms in total. The number of hydrogen-bond acceptors (Lipinski definition) is 4. The van der Waals surface area contributed by atoms with Crippen LogP contribution in [0.5, 0.6) is 0 Å². The van der Waals surface area contributed by atoms with Crippen molar-refractivity contribution >= 4 is 5.96 Å². The monoisotopic (exact) mass is 369 g/mol. The SMILES string of the molecule is CN=C(NCc1ccc(CN2CCCCC2C)cc1)NCc1ncnn1C. The minimum atomic E-state index is 0.586. The van der Waals surface area contributed by atoms with Crippen LogP contribution in [0, 0.1) is 0 Å². The fraction of sp³-hybridized carbons (Fsp3) is 0.550. The molecule has 0 bridgehead atoms. The van der Waals surface area contributed by atoms with Gasteiger partial charge in [0.15, 0.2) is 5.96 Å². The fourth-order valence-corrected chi connectivity index (χ4v) is 3.44. The number of aliphatic imine (C=N–C) groups is 1. The normalized spacial score (nSPS) is 18.5. The van der Waals surface area contributed by atoms with Crippen LogP contribution in [0.3, 0.4) is 0 Å². The number of guanidine groups is 1. The molecule has 1 aliphatic rings. The van der Waals surface area contributed by atoms with E-state index in [9.17, 15) is 0 Å². The van der Waals surface area contributed by atoms with Crippen LogP contribution in [-0.4, -0.2) is 45.3 Å². The molecule has 0 saturated carbocycles. The van der Waals surface area contributed by atoms with Crippen LogP contribution in [-0.2, 0) is 26.7 Å². The van der Waals surface area contributed by atoms with Crippen molar-refractivity contribution in [3.05, 3.63) is 47.5 Å². The number of aromatic nitrogens is 3. The van der Waals surface area contributed by atoms with Gasteiger partial charge >= 0.3 is 0 Å². The zero-order valence-electron chi connectivity index (χ0n) is 16.6. The van der Waals surface area contributed by atoms with Gasteiger partial charge in [-0.2, -0.15) is 5.10 Å². The number of likely N-dealkylation sites (tertiary alicyclic amines) is 1. The predicted molar refractivity (Wildman–Crippen MR) is 108 cm³/mol. The molecule has 1 unspecified atom stereocenters. The maximum atomic E-state index is 4.27. The minimum absolute atomic E-state index is 0.586. The average molecular weight is 370 g/mol. The lowest BCUT2D eigenvalue weighted by molar-refractivity contribution is 0.152. The van der Waals surface area contributed by atoms with E-state index in [1.807, 2.05) is 7.05 Å². The van der Waals surface area contributed by atoms with E-state index in [4.69, 9.17) is 0 Å². The Balaban J connectivity index is 1.46. The highest BCUT2D eigenvalue weighted by atomic mass is 15.3. The molecule has 2 heterocycles. The maximum Gasteiger partial charge on any atom is 0.191 e. The molecule has 27 heavy (non-hydrogen) atoms. The highest BCUT2D eigenvalue weighted by Gasteiger charge is 2.17. The van der Waals surface area contributed by atoms with Gasteiger partial charge < -0.3 is 10.6 Å². The highest BCUT2D eigenvalue weighted by Crippen LogP contribution is 2.19. The molecule has 0 aliphatic carbocycles. The van der Waals surface area contributed by atoms with Crippen molar-refractivity contribution in [1.29, 1.82) is 0 Å². The molecule has 1 aromatic heterocycles. The van der Waals surface area contributed by atoms with Crippen LogP contribution in [0.25, 0.3) is 0 Å². The van der Waals surface area contributed by atoms with E-state index in [0.29, 0.717) is 12.6 Å². The van der Waals surface area contributed by atoms with E-state index >= 15 is 0 Å². The second kappa shape index (κ2) is 9.50. The Bertz CT molecular complexity index is 735. The van der Waals surface area contributed by atoms with Gasteiger partial charge in [0.25, 0.3) is 0 Å². The molecule has 146 valence electrons. The number of aryl methyl sites for hydroxylation is 1. The number of hydrogen-bond donors (Lipinski definition) is 2. The van der Waals surface area contributed by atoms with Gasteiger partial charge in [0.1, 0.15) is 12.2 Å². The summed E-state index contributed by atoms with van der Waals surface area (Å²) >= 11 is 0. The highest BCUT2D eigenvalue weighted by molar-refractivity contribution is 5.79. The molecule has 1 aliphatic heterocycles. The summed E-state index contributed by atoms with van der Waals surface area (Å²) in [6, 6.07) is 9.59. The van der Waals surface area contributed by atoms with Crippen LogP contribution in [0.15, 0.2) is 35.6 Å². The van der Waals surface area contributed by atoms with Gasteiger partial charge in [-0.05, 0) is 37.4 Å². The smallest absolute Gasteiger partial charge is 0.191 e. The molecule has 0 amide bonds. The molecule has 1 saturated heterocycles. The van der Waals surface area contributed by atoms with Gasteiger partial charge in [-0.3, -0.25) is 14.6 Å². The Labute approximate surface area is 161 Å². The molecule has 1 aromatic carbocycles. The van der Waals surface area contributed by atoms with E-state index in [2.05, 4.69) is 61.8 Å². The van der Waals surface area contributed by atoms with Crippen LogP contribution in [0.2, 0.25) is 0 Å². The van der Waals surface area contributed by atoms with Crippen molar-refractivity contribution in [3.8, 4) is 0 Å². The molecular formula is C20H31N7. The fourth-order valence-electron chi connectivity index (χ4n) is 3.44. The van der Waals surface area contributed by atoms with Gasteiger partial charge in [0.05, 0.1) is 6.54 Å². The number of nitrogens with one attached hydrogen (secondary N) is 2.